The van der Waals surface area contributed by atoms with Crippen molar-refractivity contribution in [2.45, 2.75) is 0 Å². The number of nitrogens with zero attached hydrogens (tertiary/aromatic N) is 2. The Morgan fingerprint density at radius 2 is 1.41 bits per heavy atom. The molecule has 3 aromatic rings. The second-order valence-electron chi connectivity index (χ2n) is 7.86. The SMILES string of the molecule is COc1ccc(C(=O)Nc2ccc(C(=O)N3CCN(c4ccc(Cl)cc4)CC3)cc2)cc1OC. The molecule has 1 fully saturated rings. The zero-order valence-corrected chi connectivity index (χ0v) is 19.8. The Morgan fingerprint density at radius 1 is 0.794 bits per heavy atom. The molecule has 0 saturated carbocycles. The molecule has 176 valence electrons. The molecule has 7 nitrogen and oxygen atoms in total. The largest absolute Gasteiger partial charge is 0.493 e. The van der Waals surface area contributed by atoms with E-state index in [1.54, 1.807) is 49.6 Å². The van der Waals surface area contributed by atoms with Crippen molar-refractivity contribution in [3.63, 3.8) is 0 Å². The fourth-order valence-electron chi connectivity index (χ4n) is 3.88. The lowest BCUT2D eigenvalue weighted by molar-refractivity contribution is 0.0746. The maximum Gasteiger partial charge on any atom is 0.255 e. The molecule has 2 amide bonds. The van der Waals surface area contributed by atoms with Crippen LogP contribution in [0.4, 0.5) is 11.4 Å². The summed E-state index contributed by atoms with van der Waals surface area (Å²) in [6.07, 6.45) is 0. The summed E-state index contributed by atoms with van der Waals surface area (Å²) in [6.45, 7) is 2.79. The van der Waals surface area contributed by atoms with Gasteiger partial charge in [-0.25, -0.2) is 0 Å². The summed E-state index contributed by atoms with van der Waals surface area (Å²) in [5, 5.41) is 3.55. The molecule has 3 aromatic carbocycles. The number of carbonyl (C=O) groups excluding carboxylic acids is 2. The molecule has 0 unspecified atom stereocenters. The van der Waals surface area contributed by atoms with Gasteiger partial charge in [0.05, 0.1) is 14.2 Å². The number of hydrogen-bond acceptors (Lipinski definition) is 5. The van der Waals surface area contributed by atoms with Gasteiger partial charge in [0.2, 0.25) is 0 Å². The van der Waals surface area contributed by atoms with E-state index in [9.17, 15) is 9.59 Å². The second kappa shape index (κ2) is 10.5. The van der Waals surface area contributed by atoms with E-state index in [2.05, 4.69) is 10.2 Å². The predicted molar refractivity (Wildman–Crippen MR) is 134 cm³/mol. The molecule has 1 N–H and O–H groups in total. The average Bonchev–Trinajstić information content (AvgIpc) is 2.88. The van der Waals surface area contributed by atoms with Crippen molar-refractivity contribution in [1.29, 1.82) is 0 Å². The van der Waals surface area contributed by atoms with E-state index in [1.165, 1.54) is 7.11 Å². The zero-order valence-electron chi connectivity index (χ0n) is 19.1. The monoisotopic (exact) mass is 479 g/mol. The molecule has 1 saturated heterocycles. The van der Waals surface area contributed by atoms with E-state index in [4.69, 9.17) is 21.1 Å². The number of ether oxygens (including phenoxy) is 2. The minimum atomic E-state index is -0.279. The van der Waals surface area contributed by atoms with Gasteiger partial charge in [-0.2, -0.15) is 0 Å². The number of hydrogen-bond donors (Lipinski definition) is 1. The molecule has 1 aliphatic heterocycles. The van der Waals surface area contributed by atoms with Crippen LogP contribution in [0.1, 0.15) is 20.7 Å². The highest BCUT2D eigenvalue weighted by Gasteiger charge is 2.22. The highest BCUT2D eigenvalue weighted by molar-refractivity contribution is 6.30. The summed E-state index contributed by atoms with van der Waals surface area (Å²) >= 11 is 5.97. The van der Waals surface area contributed by atoms with Crippen LogP contribution in [-0.2, 0) is 0 Å². The summed E-state index contributed by atoms with van der Waals surface area (Å²) < 4.78 is 10.5. The molecule has 0 spiro atoms. The van der Waals surface area contributed by atoms with Crippen LogP contribution in [0.3, 0.4) is 0 Å². The summed E-state index contributed by atoms with van der Waals surface area (Å²) in [4.78, 5) is 29.7. The lowest BCUT2D eigenvalue weighted by Gasteiger charge is -2.36. The number of anilines is 2. The summed E-state index contributed by atoms with van der Waals surface area (Å²) in [5.41, 5.74) is 2.73. The number of benzene rings is 3. The number of rotatable bonds is 6. The van der Waals surface area contributed by atoms with E-state index in [-0.39, 0.29) is 11.8 Å². The Labute approximate surface area is 203 Å². The number of piperazine rings is 1. The summed E-state index contributed by atoms with van der Waals surface area (Å²) in [7, 11) is 3.06. The van der Waals surface area contributed by atoms with Crippen LogP contribution in [0.25, 0.3) is 0 Å². The number of nitrogens with one attached hydrogen (secondary N) is 1. The predicted octanol–water partition coefficient (Wildman–Crippen LogP) is 4.57. The molecule has 34 heavy (non-hydrogen) atoms. The van der Waals surface area contributed by atoms with Crippen LogP contribution >= 0.6 is 11.6 Å². The Hall–Kier alpha value is -3.71. The minimum Gasteiger partial charge on any atom is -0.493 e. The minimum absolute atomic E-state index is 0.0199. The van der Waals surface area contributed by atoms with Crippen LogP contribution in [-0.4, -0.2) is 57.1 Å². The second-order valence-corrected chi connectivity index (χ2v) is 8.29. The van der Waals surface area contributed by atoms with E-state index in [1.807, 2.05) is 29.2 Å². The van der Waals surface area contributed by atoms with Crippen molar-refractivity contribution in [2.75, 3.05) is 50.6 Å². The van der Waals surface area contributed by atoms with E-state index in [0.717, 1.165) is 18.8 Å². The Bertz CT molecular complexity index is 1160. The first-order valence-corrected chi connectivity index (χ1v) is 11.3. The van der Waals surface area contributed by atoms with Crippen LogP contribution in [0, 0.1) is 0 Å². The summed E-state index contributed by atoms with van der Waals surface area (Å²) in [6, 6.07) is 19.6. The molecule has 4 rings (SSSR count). The zero-order chi connectivity index (χ0) is 24.1. The van der Waals surface area contributed by atoms with Gasteiger partial charge in [0, 0.05) is 53.7 Å². The van der Waals surface area contributed by atoms with Gasteiger partial charge in [-0.1, -0.05) is 11.6 Å². The number of halogens is 1. The number of amides is 2. The van der Waals surface area contributed by atoms with Crippen LogP contribution < -0.4 is 19.7 Å². The lowest BCUT2D eigenvalue weighted by Crippen LogP contribution is -2.48. The molecule has 0 aromatic heterocycles. The van der Waals surface area contributed by atoms with Crippen LogP contribution in [0.15, 0.2) is 66.7 Å². The smallest absolute Gasteiger partial charge is 0.255 e. The molecule has 0 atom stereocenters. The topological polar surface area (TPSA) is 71.1 Å². The van der Waals surface area contributed by atoms with Crippen molar-refractivity contribution in [1.82, 2.24) is 4.90 Å². The maximum absolute atomic E-state index is 13.0. The third kappa shape index (κ3) is 5.26. The Morgan fingerprint density at radius 3 is 2.03 bits per heavy atom. The van der Waals surface area contributed by atoms with E-state index in [0.29, 0.717) is 46.4 Å². The van der Waals surface area contributed by atoms with Gasteiger partial charge in [-0.15, -0.1) is 0 Å². The molecular formula is C26H26ClN3O4. The first-order chi connectivity index (χ1) is 16.5. The van der Waals surface area contributed by atoms with E-state index < -0.39 is 0 Å². The van der Waals surface area contributed by atoms with Gasteiger partial charge in [-0.3, -0.25) is 9.59 Å². The van der Waals surface area contributed by atoms with E-state index >= 15 is 0 Å². The van der Waals surface area contributed by atoms with Crippen molar-refractivity contribution >= 4 is 34.8 Å². The third-order valence-electron chi connectivity index (χ3n) is 5.79. The van der Waals surface area contributed by atoms with Gasteiger partial charge in [-0.05, 0) is 66.7 Å². The van der Waals surface area contributed by atoms with Gasteiger partial charge in [0.1, 0.15) is 0 Å². The molecule has 0 aliphatic carbocycles. The fourth-order valence-corrected chi connectivity index (χ4v) is 4.01. The van der Waals surface area contributed by atoms with Crippen LogP contribution in [0.5, 0.6) is 11.5 Å². The molecule has 1 heterocycles. The first-order valence-electron chi connectivity index (χ1n) is 10.9. The molecular weight excluding hydrogens is 454 g/mol. The molecule has 1 aliphatic rings. The Kier molecular flexibility index (Phi) is 7.23. The normalized spacial score (nSPS) is 13.4. The quantitative estimate of drug-likeness (QED) is 0.560. The highest BCUT2D eigenvalue weighted by atomic mass is 35.5. The van der Waals surface area contributed by atoms with Gasteiger partial charge in [0.15, 0.2) is 11.5 Å². The standard InChI is InChI=1S/C26H26ClN3O4/c1-33-23-12-5-19(17-24(23)34-2)25(31)28-21-8-3-18(4-9-21)26(32)30-15-13-29(14-16-30)22-10-6-20(27)7-11-22/h3-12,17H,13-16H2,1-2H3,(H,28,31). The fraction of sp³-hybridized carbons (Fsp3) is 0.231. The third-order valence-corrected chi connectivity index (χ3v) is 6.05. The molecule has 8 heteroatoms. The van der Waals surface area contributed by atoms with Gasteiger partial charge in [0.25, 0.3) is 11.8 Å². The van der Waals surface area contributed by atoms with Crippen molar-refractivity contribution in [3.8, 4) is 11.5 Å². The van der Waals surface area contributed by atoms with Crippen molar-refractivity contribution in [3.05, 3.63) is 82.9 Å². The van der Waals surface area contributed by atoms with Crippen molar-refractivity contribution < 1.29 is 19.1 Å². The highest BCUT2D eigenvalue weighted by Crippen LogP contribution is 2.28. The Balaban J connectivity index is 1.35. The summed E-state index contributed by atoms with van der Waals surface area (Å²) in [5.74, 6) is 0.732. The molecule has 0 bridgehead atoms. The first kappa shape index (κ1) is 23.4. The van der Waals surface area contributed by atoms with Gasteiger partial charge < -0.3 is 24.6 Å². The number of carbonyl (C=O) groups is 2. The number of methoxy groups -OCH3 is 2. The molecule has 0 radical (unpaired) electrons. The van der Waals surface area contributed by atoms with Crippen LogP contribution in [0.2, 0.25) is 5.02 Å². The van der Waals surface area contributed by atoms with Crippen molar-refractivity contribution in [2.24, 2.45) is 0 Å². The average molecular weight is 480 g/mol. The lowest BCUT2D eigenvalue weighted by atomic mass is 10.1. The maximum atomic E-state index is 13.0. The van der Waals surface area contributed by atoms with Gasteiger partial charge >= 0.3 is 0 Å².